The molecule has 0 aromatic heterocycles. The first-order valence-electron chi connectivity index (χ1n) is 8.88. The van der Waals surface area contributed by atoms with Crippen LogP contribution in [0.4, 0.5) is 0 Å². The fraction of sp³-hybridized carbons (Fsp3) is 1.00. The van der Waals surface area contributed by atoms with Gasteiger partial charge in [0.2, 0.25) is 0 Å². The van der Waals surface area contributed by atoms with Gasteiger partial charge in [0.1, 0.15) is 0 Å². The molecule has 0 unspecified atom stereocenters. The highest BCUT2D eigenvalue weighted by Crippen LogP contribution is 2.30. The van der Waals surface area contributed by atoms with E-state index in [1.165, 1.54) is 25.7 Å². The summed E-state index contributed by atoms with van der Waals surface area (Å²) in [6, 6.07) is 0. The lowest BCUT2D eigenvalue weighted by Gasteiger charge is -2.40. The Morgan fingerprint density at radius 2 is 1.41 bits per heavy atom. The van der Waals surface area contributed by atoms with Crippen LogP contribution in [0.1, 0.15) is 64.2 Å². The highest BCUT2D eigenvalue weighted by molar-refractivity contribution is 7.87. The van der Waals surface area contributed by atoms with Crippen LogP contribution in [0.25, 0.3) is 0 Å². The molecule has 6 heteroatoms. The molecule has 0 radical (unpaired) electrons. The molecule has 0 bridgehead atoms. The molecule has 130 valence electrons. The zero-order valence-corrected chi connectivity index (χ0v) is 15.1. The van der Waals surface area contributed by atoms with Crippen LogP contribution < -0.4 is 4.72 Å². The number of hydrogen-bond acceptors (Lipinski definition) is 3. The molecule has 1 N–H and O–H groups in total. The normalized spacial score (nSPS) is 24.9. The summed E-state index contributed by atoms with van der Waals surface area (Å²) in [6.45, 7) is 1.88. The second kappa shape index (κ2) is 8.08. The Morgan fingerprint density at radius 1 is 0.909 bits per heavy atom. The van der Waals surface area contributed by atoms with Gasteiger partial charge in [-0.2, -0.15) is 12.7 Å². The molecule has 0 spiro atoms. The summed E-state index contributed by atoms with van der Waals surface area (Å²) < 4.78 is 29.8. The van der Waals surface area contributed by atoms with Crippen LogP contribution in [0.15, 0.2) is 0 Å². The standard InChI is InChI=1S/C16H33N3O2S/c1-18(2)16(11-7-3-4-8-12-16)15-17-22(20,21)19-13-9-5-6-10-14-19/h17H,3-15H2,1-2H3. The molecule has 2 aliphatic rings. The van der Waals surface area contributed by atoms with Gasteiger partial charge in [-0.3, -0.25) is 0 Å². The average Bonchev–Trinajstić information content (AvgIpc) is 2.89. The maximum absolute atomic E-state index is 12.6. The van der Waals surface area contributed by atoms with Gasteiger partial charge in [0, 0.05) is 25.2 Å². The molecular weight excluding hydrogens is 298 g/mol. The fourth-order valence-corrected chi connectivity index (χ4v) is 5.14. The van der Waals surface area contributed by atoms with E-state index in [0.29, 0.717) is 19.6 Å². The lowest BCUT2D eigenvalue weighted by molar-refractivity contribution is 0.133. The van der Waals surface area contributed by atoms with Crippen molar-refractivity contribution < 1.29 is 8.42 Å². The summed E-state index contributed by atoms with van der Waals surface area (Å²) in [7, 11) is 0.845. The molecular formula is C16H33N3O2S. The molecule has 1 aliphatic heterocycles. The highest BCUT2D eigenvalue weighted by Gasteiger charge is 2.35. The third-order valence-electron chi connectivity index (χ3n) is 5.47. The zero-order chi connectivity index (χ0) is 16.1. The summed E-state index contributed by atoms with van der Waals surface area (Å²) in [6.07, 6.45) is 11.4. The van der Waals surface area contributed by atoms with Crippen LogP contribution >= 0.6 is 0 Å². The van der Waals surface area contributed by atoms with Gasteiger partial charge >= 0.3 is 0 Å². The molecule has 0 aromatic carbocycles. The monoisotopic (exact) mass is 331 g/mol. The van der Waals surface area contributed by atoms with Crippen molar-refractivity contribution in [3.63, 3.8) is 0 Å². The summed E-state index contributed by atoms with van der Waals surface area (Å²) in [5, 5.41) is 0. The first-order chi connectivity index (χ1) is 10.5. The molecule has 2 fully saturated rings. The number of likely N-dealkylation sites (N-methyl/N-ethyl adjacent to an activating group) is 1. The molecule has 1 aliphatic carbocycles. The van der Waals surface area contributed by atoms with Crippen molar-refractivity contribution >= 4 is 10.2 Å². The lowest BCUT2D eigenvalue weighted by Crippen LogP contribution is -2.54. The van der Waals surface area contributed by atoms with Crippen molar-refractivity contribution in [1.29, 1.82) is 0 Å². The molecule has 22 heavy (non-hydrogen) atoms. The lowest BCUT2D eigenvalue weighted by atomic mass is 9.89. The van der Waals surface area contributed by atoms with Crippen molar-refractivity contribution in [3.8, 4) is 0 Å². The van der Waals surface area contributed by atoms with Crippen molar-refractivity contribution in [2.24, 2.45) is 0 Å². The molecule has 0 aromatic rings. The quantitative estimate of drug-likeness (QED) is 0.787. The van der Waals surface area contributed by atoms with E-state index in [2.05, 4.69) is 23.7 Å². The van der Waals surface area contributed by atoms with E-state index in [9.17, 15) is 8.42 Å². The van der Waals surface area contributed by atoms with Gasteiger partial charge in [-0.15, -0.1) is 0 Å². The summed E-state index contributed by atoms with van der Waals surface area (Å²) in [5.41, 5.74) is -0.0184. The van der Waals surface area contributed by atoms with Gasteiger partial charge in [0.25, 0.3) is 10.2 Å². The van der Waals surface area contributed by atoms with E-state index < -0.39 is 10.2 Å². The maximum atomic E-state index is 12.6. The van der Waals surface area contributed by atoms with Crippen LogP contribution in [0, 0.1) is 0 Å². The van der Waals surface area contributed by atoms with Crippen LogP contribution in [-0.4, -0.2) is 56.9 Å². The Morgan fingerprint density at radius 3 is 1.91 bits per heavy atom. The number of nitrogens with one attached hydrogen (secondary N) is 1. The Labute approximate surface area is 136 Å². The van der Waals surface area contributed by atoms with Crippen molar-refractivity contribution in [3.05, 3.63) is 0 Å². The first-order valence-corrected chi connectivity index (χ1v) is 10.3. The van der Waals surface area contributed by atoms with Gasteiger partial charge in [-0.05, 0) is 39.8 Å². The van der Waals surface area contributed by atoms with Gasteiger partial charge < -0.3 is 4.90 Å². The van der Waals surface area contributed by atoms with Crippen LogP contribution in [-0.2, 0) is 10.2 Å². The third kappa shape index (κ3) is 4.66. The molecule has 1 heterocycles. The van der Waals surface area contributed by atoms with Gasteiger partial charge in [0.15, 0.2) is 0 Å². The topological polar surface area (TPSA) is 52.7 Å². The predicted octanol–water partition coefficient (Wildman–Crippen LogP) is 2.35. The molecule has 0 amide bonds. The van der Waals surface area contributed by atoms with E-state index in [1.54, 1.807) is 4.31 Å². The largest absolute Gasteiger partial charge is 0.302 e. The van der Waals surface area contributed by atoms with Gasteiger partial charge in [-0.1, -0.05) is 38.5 Å². The van der Waals surface area contributed by atoms with Gasteiger partial charge in [0.05, 0.1) is 0 Å². The molecule has 1 saturated carbocycles. The summed E-state index contributed by atoms with van der Waals surface area (Å²) >= 11 is 0. The molecule has 1 saturated heterocycles. The predicted molar refractivity (Wildman–Crippen MR) is 91.1 cm³/mol. The number of hydrogen-bond donors (Lipinski definition) is 1. The fourth-order valence-electron chi connectivity index (χ4n) is 3.77. The summed E-state index contributed by atoms with van der Waals surface area (Å²) in [5.74, 6) is 0. The van der Waals surface area contributed by atoms with E-state index in [-0.39, 0.29) is 5.54 Å². The van der Waals surface area contributed by atoms with Crippen LogP contribution in [0.3, 0.4) is 0 Å². The minimum atomic E-state index is -3.33. The third-order valence-corrected chi connectivity index (χ3v) is 7.03. The van der Waals surface area contributed by atoms with Crippen molar-refractivity contribution in [1.82, 2.24) is 13.9 Å². The Balaban J connectivity index is 2.01. The van der Waals surface area contributed by atoms with E-state index in [4.69, 9.17) is 0 Å². The summed E-state index contributed by atoms with van der Waals surface area (Å²) in [4.78, 5) is 2.24. The minimum absolute atomic E-state index is 0.0184. The Bertz CT molecular complexity index is 421. The highest BCUT2D eigenvalue weighted by atomic mass is 32.2. The van der Waals surface area contributed by atoms with E-state index in [0.717, 1.165) is 38.5 Å². The zero-order valence-electron chi connectivity index (χ0n) is 14.3. The molecule has 5 nitrogen and oxygen atoms in total. The smallest absolute Gasteiger partial charge is 0.279 e. The van der Waals surface area contributed by atoms with Crippen molar-refractivity contribution in [2.75, 3.05) is 33.7 Å². The minimum Gasteiger partial charge on any atom is -0.302 e. The number of nitrogens with zero attached hydrogens (tertiary/aromatic N) is 2. The Hall–Kier alpha value is -0.170. The second-order valence-electron chi connectivity index (χ2n) is 7.17. The van der Waals surface area contributed by atoms with Crippen LogP contribution in [0.5, 0.6) is 0 Å². The van der Waals surface area contributed by atoms with Crippen LogP contribution in [0.2, 0.25) is 0 Å². The van der Waals surface area contributed by atoms with E-state index in [1.807, 2.05) is 0 Å². The SMILES string of the molecule is CN(C)C1(CNS(=O)(=O)N2CCCCCC2)CCCCCC1. The average molecular weight is 332 g/mol. The molecule has 0 atom stereocenters. The van der Waals surface area contributed by atoms with Gasteiger partial charge in [-0.25, -0.2) is 4.72 Å². The maximum Gasteiger partial charge on any atom is 0.279 e. The Kier molecular flexibility index (Phi) is 6.68. The first kappa shape index (κ1) is 18.2. The molecule has 2 rings (SSSR count). The second-order valence-corrected chi connectivity index (χ2v) is 8.93. The number of rotatable bonds is 5. The van der Waals surface area contributed by atoms with E-state index >= 15 is 0 Å². The van der Waals surface area contributed by atoms with Crippen molar-refractivity contribution in [2.45, 2.75) is 69.7 Å².